The summed E-state index contributed by atoms with van der Waals surface area (Å²) in [6.07, 6.45) is 3.68. The number of hydrogen-bond donors (Lipinski definition) is 1. The van der Waals surface area contributed by atoms with Gasteiger partial charge in [0.1, 0.15) is 11.3 Å². The van der Waals surface area contributed by atoms with Crippen molar-refractivity contribution in [2.24, 2.45) is 0 Å². The molecule has 0 aliphatic heterocycles. The molecule has 0 amide bonds. The first kappa shape index (κ1) is 15.8. The molecule has 1 aromatic carbocycles. The molecule has 1 fully saturated rings. The monoisotopic (exact) mass is 287 g/mol. The maximum atomic E-state index is 9.45. The minimum absolute atomic E-state index is 0.00344. The molecule has 0 unspecified atom stereocenters. The number of methoxy groups -OCH3 is 1. The second-order valence-corrected chi connectivity index (χ2v) is 6.10. The zero-order valence-corrected chi connectivity index (χ0v) is 13.4. The van der Waals surface area contributed by atoms with Crippen LogP contribution in [0.4, 0.5) is 0 Å². The van der Waals surface area contributed by atoms with Gasteiger partial charge in [-0.1, -0.05) is 12.1 Å². The molecule has 1 N–H and O–H groups in total. The summed E-state index contributed by atoms with van der Waals surface area (Å²) in [5.41, 5.74) is 0.936. The van der Waals surface area contributed by atoms with E-state index in [1.165, 1.54) is 5.56 Å². The van der Waals surface area contributed by atoms with Crippen LogP contribution in [0.2, 0.25) is 0 Å². The molecule has 0 atom stereocenters. The zero-order valence-electron chi connectivity index (χ0n) is 13.4. The fraction of sp³-hybridized carbons (Fsp3) is 0.588. The molecule has 0 radical (unpaired) electrons. The Balaban J connectivity index is 2.29. The van der Waals surface area contributed by atoms with Crippen LogP contribution >= 0.6 is 0 Å². The van der Waals surface area contributed by atoms with Crippen molar-refractivity contribution in [1.82, 2.24) is 10.2 Å². The fourth-order valence-corrected chi connectivity index (χ4v) is 3.40. The van der Waals surface area contributed by atoms with Crippen molar-refractivity contribution < 1.29 is 4.74 Å². The van der Waals surface area contributed by atoms with E-state index in [0.717, 1.165) is 31.4 Å². The smallest absolute Gasteiger partial charge is 0.118 e. The highest BCUT2D eigenvalue weighted by Crippen LogP contribution is 2.44. The summed E-state index contributed by atoms with van der Waals surface area (Å²) in [4.78, 5) is 2.30. The van der Waals surface area contributed by atoms with Gasteiger partial charge in [0, 0.05) is 5.54 Å². The minimum atomic E-state index is -0.369. The van der Waals surface area contributed by atoms with Crippen molar-refractivity contribution in [2.75, 3.05) is 28.3 Å². The molecule has 4 nitrogen and oxygen atoms in total. The molecule has 21 heavy (non-hydrogen) atoms. The lowest BCUT2D eigenvalue weighted by atomic mass is 9.69. The average Bonchev–Trinajstić information content (AvgIpc) is 2.55. The standard InChI is InChI=1S/C17H25N3O/c1-19-16(13-18)9-11-17(12-10-16,20(2)3)14-5-7-15(21-4)8-6-14/h5-8,19H,9-12H2,1-4H3. The van der Waals surface area contributed by atoms with Crippen LogP contribution in [0.25, 0.3) is 0 Å². The molecule has 1 aliphatic rings. The molecule has 0 saturated heterocycles. The topological polar surface area (TPSA) is 48.3 Å². The summed E-state index contributed by atoms with van der Waals surface area (Å²) < 4.78 is 5.25. The van der Waals surface area contributed by atoms with E-state index in [2.05, 4.69) is 42.5 Å². The second kappa shape index (κ2) is 6.05. The summed E-state index contributed by atoms with van der Waals surface area (Å²) >= 11 is 0. The Labute approximate surface area is 127 Å². The third-order valence-corrected chi connectivity index (χ3v) is 5.11. The van der Waals surface area contributed by atoms with Gasteiger partial charge >= 0.3 is 0 Å². The summed E-state index contributed by atoms with van der Waals surface area (Å²) in [7, 11) is 7.83. The van der Waals surface area contributed by atoms with E-state index in [4.69, 9.17) is 4.74 Å². The van der Waals surface area contributed by atoms with Gasteiger partial charge < -0.3 is 10.1 Å². The number of rotatable bonds is 4. The molecular weight excluding hydrogens is 262 g/mol. The van der Waals surface area contributed by atoms with E-state index in [9.17, 15) is 5.26 Å². The molecular formula is C17H25N3O. The summed E-state index contributed by atoms with van der Waals surface area (Å²) in [6.45, 7) is 0. The number of nitriles is 1. The lowest BCUT2D eigenvalue weighted by Crippen LogP contribution is -2.53. The molecule has 0 aromatic heterocycles. The Morgan fingerprint density at radius 3 is 2.10 bits per heavy atom. The molecule has 4 heteroatoms. The first-order valence-electron chi connectivity index (χ1n) is 7.44. The van der Waals surface area contributed by atoms with Gasteiger partial charge in [-0.2, -0.15) is 5.26 Å². The maximum Gasteiger partial charge on any atom is 0.118 e. The molecule has 1 aliphatic carbocycles. The average molecular weight is 287 g/mol. The van der Waals surface area contributed by atoms with Crippen LogP contribution in [0, 0.1) is 11.3 Å². The number of nitrogens with zero attached hydrogens (tertiary/aromatic N) is 2. The normalized spacial score (nSPS) is 29.1. The Hall–Kier alpha value is -1.57. The molecule has 2 rings (SSSR count). The van der Waals surface area contributed by atoms with Crippen molar-refractivity contribution in [1.29, 1.82) is 5.26 Å². The predicted molar refractivity (Wildman–Crippen MR) is 84.2 cm³/mol. The van der Waals surface area contributed by atoms with Crippen LogP contribution in [0.1, 0.15) is 31.2 Å². The fourth-order valence-electron chi connectivity index (χ4n) is 3.40. The summed E-state index contributed by atoms with van der Waals surface area (Å²) in [5, 5.41) is 12.7. The maximum absolute atomic E-state index is 9.45. The van der Waals surface area contributed by atoms with Crippen LogP contribution in [0.5, 0.6) is 5.75 Å². The Morgan fingerprint density at radius 1 is 1.14 bits per heavy atom. The van der Waals surface area contributed by atoms with E-state index >= 15 is 0 Å². The van der Waals surface area contributed by atoms with E-state index in [-0.39, 0.29) is 11.1 Å². The van der Waals surface area contributed by atoms with Crippen LogP contribution < -0.4 is 10.1 Å². The lowest BCUT2D eigenvalue weighted by Gasteiger charge is -2.47. The van der Waals surface area contributed by atoms with Gasteiger partial charge in [0.25, 0.3) is 0 Å². The van der Waals surface area contributed by atoms with Crippen molar-refractivity contribution >= 4 is 0 Å². The Bertz CT molecular complexity index is 508. The van der Waals surface area contributed by atoms with Crippen molar-refractivity contribution in [2.45, 2.75) is 36.8 Å². The molecule has 0 bridgehead atoms. The van der Waals surface area contributed by atoms with Crippen molar-refractivity contribution in [3.63, 3.8) is 0 Å². The highest BCUT2D eigenvalue weighted by atomic mass is 16.5. The van der Waals surface area contributed by atoms with Crippen molar-refractivity contribution in [3.8, 4) is 11.8 Å². The highest BCUT2D eigenvalue weighted by molar-refractivity contribution is 5.33. The van der Waals surface area contributed by atoms with E-state index in [0.29, 0.717) is 0 Å². The number of benzene rings is 1. The van der Waals surface area contributed by atoms with Crippen LogP contribution in [-0.4, -0.2) is 38.7 Å². The van der Waals surface area contributed by atoms with Crippen molar-refractivity contribution in [3.05, 3.63) is 29.8 Å². The first-order valence-corrected chi connectivity index (χ1v) is 7.44. The largest absolute Gasteiger partial charge is 0.497 e. The Morgan fingerprint density at radius 2 is 1.71 bits per heavy atom. The highest BCUT2D eigenvalue weighted by Gasteiger charge is 2.44. The summed E-state index contributed by atoms with van der Waals surface area (Å²) in [6, 6.07) is 10.8. The van der Waals surface area contributed by atoms with Gasteiger partial charge in [-0.15, -0.1) is 0 Å². The number of ether oxygens (including phenoxy) is 1. The third kappa shape index (κ3) is 2.76. The second-order valence-electron chi connectivity index (χ2n) is 6.10. The van der Waals surface area contributed by atoms with Gasteiger partial charge in [-0.05, 0) is 64.5 Å². The van der Waals surface area contributed by atoms with E-state index < -0.39 is 0 Å². The van der Waals surface area contributed by atoms with Gasteiger partial charge in [0.2, 0.25) is 0 Å². The van der Waals surface area contributed by atoms with Gasteiger partial charge in [0.05, 0.1) is 13.2 Å². The molecule has 114 valence electrons. The lowest BCUT2D eigenvalue weighted by molar-refractivity contribution is 0.0725. The molecule has 0 heterocycles. The zero-order chi connectivity index (χ0) is 15.5. The van der Waals surface area contributed by atoms with E-state index in [1.807, 2.05) is 19.2 Å². The third-order valence-electron chi connectivity index (χ3n) is 5.11. The predicted octanol–water partition coefficient (Wildman–Crippen LogP) is 2.51. The van der Waals surface area contributed by atoms with E-state index in [1.54, 1.807) is 7.11 Å². The molecule has 0 spiro atoms. The van der Waals surface area contributed by atoms with Gasteiger partial charge in [0.15, 0.2) is 0 Å². The number of nitrogens with one attached hydrogen (secondary N) is 1. The van der Waals surface area contributed by atoms with Gasteiger partial charge in [-0.25, -0.2) is 0 Å². The minimum Gasteiger partial charge on any atom is -0.497 e. The van der Waals surface area contributed by atoms with Gasteiger partial charge in [-0.3, -0.25) is 4.90 Å². The Kier molecular flexibility index (Phi) is 4.55. The SMILES string of the molecule is CNC1(C#N)CCC(c2ccc(OC)cc2)(N(C)C)CC1. The molecule has 1 saturated carbocycles. The van der Waals surface area contributed by atoms with Crippen LogP contribution in [0.3, 0.4) is 0 Å². The van der Waals surface area contributed by atoms with Crippen LogP contribution in [-0.2, 0) is 5.54 Å². The molecule has 1 aromatic rings. The summed E-state index contributed by atoms with van der Waals surface area (Å²) in [5.74, 6) is 0.880. The first-order chi connectivity index (χ1) is 10.0. The van der Waals surface area contributed by atoms with Crippen LogP contribution in [0.15, 0.2) is 24.3 Å². The quantitative estimate of drug-likeness (QED) is 0.924. The number of hydrogen-bond acceptors (Lipinski definition) is 4.